The number of amides is 1. The van der Waals surface area contributed by atoms with Gasteiger partial charge in [-0.1, -0.05) is 24.3 Å². The van der Waals surface area contributed by atoms with Crippen molar-refractivity contribution >= 4 is 28.1 Å². The quantitative estimate of drug-likeness (QED) is 0.530. The Morgan fingerprint density at radius 3 is 2.79 bits per heavy atom. The van der Waals surface area contributed by atoms with E-state index in [0.717, 1.165) is 11.9 Å². The second kappa shape index (κ2) is 7.43. The second-order valence-electron chi connectivity index (χ2n) is 7.07. The Labute approximate surface area is 167 Å². The number of ether oxygens (including phenoxy) is 1. The first-order valence-corrected chi connectivity index (χ1v) is 9.37. The van der Waals surface area contributed by atoms with Crippen LogP contribution in [0.4, 0.5) is 5.69 Å². The first-order chi connectivity index (χ1) is 14.0. The third-order valence-electron chi connectivity index (χ3n) is 5.39. The molecule has 3 aromatic rings. The van der Waals surface area contributed by atoms with Gasteiger partial charge in [0.15, 0.2) is 5.75 Å². The molecule has 1 aliphatic rings. The molecule has 1 aromatic heterocycles. The normalized spacial score (nSPS) is 14.0. The Kier molecular flexibility index (Phi) is 4.80. The second-order valence-corrected chi connectivity index (χ2v) is 7.07. The number of nitrogens with one attached hydrogen (secondary N) is 1. The van der Waals surface area contributed by atoms with Crippen molar-refractivity contribution in [2.24, 2.45) is 0 Å². The topological polar surface area (TPSA) is 88.5 Å². The highest BCUT2D eigenvalue weighted by atomic mass is 16.6. The minimum absolute atomic E-state index is 0.0863. The van der Waals surface area contributed by atoms with Crippen LogP contribution in [0.3, 0.4) is 0 Å². The minimum Gasteiger partial charge on any atom is -0.490 e. The van der Waals surface area contributed by atoms with E-state index in [0.29, 0.717) is 18.7 Å². The molecule has 2 aromatic carbocycles. The van der Waals surface area contributed by atoms with Crippen molar-refractivity contribution in [1.29, 1.82) is 0 Å². The number of H-pyrrole nitrogens is 1. The summed E-state index contributed by atoms with van der Waals surface area (Å²) in [5.41, 5.74) is 4.96. The maximum atomic E-state index is 12.9. The van der Waals surface area contributed by atoms with Gasteiger partial charge in [0.05, 0.1) is 12.0 Å². The molecule has 4 rings (SSSR count). The standard InChI is InChI=1S/C22H21N3O4/c1-14-4-3-5-17-18(13-23-21(14)17)15-8-10-24(11-9-15)22(26)16-6-7-19(25(27)28)20(12-16)29-2/h3-8,12-13,23H,9-11H2,1-2H3. The minimum atomic E-state index is -0.522. The number of carbonyl (C=O) groups is 1. The molecule has 7 heteroatoms. The van der Waals surface area contributed by atoms with Gasteiger partial charge in [-0.05, 0) is 30.5 Å². The van der Waals surface area contributed by atoms with Crippen molar-refractivity contribution in [2.75, 3.05) is 20.2 Å². The van der Waals surface area contributed by atoms with Crippen LogP contribution in [0.25, 0.3) is 16.5 Å². The van der Waals surface area contributed by atoms with E-state index < -0.39 is 4.92 Å². The van der Waals surface area contributed by atoms with Crippen molar-refractivity contribution in [3.05, 3.63) is 75.5 Å². The highest BCUT2D eigenvalue weighted by Crippen LogP contribution is 2.32. The monoisotopic (exact) mass is 391 g/mol. The van der Waals surface area contributed by atoms with Gasteiger partial charge >= 0.3 is 5.69 Å². The Balaban J connectivity index is 1.56. The number of aromatic nitrogens is 1. The molecule has 1 amide bonds. The SMILES string of the molecule is COc1cc(C(=O)N2CC=C(c3c[nH]c4c(C)cccc34)CC2)ccc1[N+](=O)[O-]. The summed E-state index contributed by atoms with van der Waals surface area (Å²) in [5.74, 6) is -0.0773. The molecule has 0 saturated heterocycles. The number of carbonyl (C=O) groups excluding carboxylic acids is 1. The average molecular weight is 391 g/mol. The summed E-state index contributed by atoms with van der Waals surface area (Å²) >= 11 is 0. The van der Waals surface area contributed by atoms with Gasteiger partial charge in [0.25, 0.3) is 5.91 Å². The lowest BCUT2D eigenvalue weighted by atomic mass is 9.98. The molecule has 0 radical (unpaired) electrons. The van der Waals surface area contributed by atoms with E-state index in [1.165, 1.54) is 47.4 Å². The van der Waals surface area contributed by atoms with Gasteiger partial charge in [0, 0.05) is 53.4 Å². The van der Waals surface area contributed by atoms with E-state index in [4.69, 9.17) is 4.74 Å². The van der Waals surface area contributed by atoms with E-state index in [-0.39, 0.29) is 17.3 Å². The van der Waals surface area contributed by atoms with Crippen molar-refractivity contribution in [2.45, 2.75) is 13.3 Å². The molecule has 0 aliphatic carbocycles. The maximum absolute atomic E-state index is 12.9. The number of methoxy groups -OCH3 is 1. The summed E-state index contributed by atoms with van der Waals surface area (Å²) in [6, 6.07) is 10.5. The molecule has 0 spiro atoms. The van der Waals surface area contributed by atoms with Gasteiger partial charge in [0.1, 0.15) is 0 Å². The van der Waals surface area contributed by atoms with E-state index in [2.05, 4.69) is 36.2 Å². The number of hydrogen-bond acceptors (Lipinski definition) is 4. The number of nitro benzene ring substituents is 1. The van der Waals surface area contributed by atoms with Gasteiger partial charge in [0.2, 0.25) is 0 Å². The smallest absolute Gasteiger partial charge is 0.310 e. The first kappa shape index (κ1) is 18.7. The van der Waals surface area contributed by atoms with Crippen LogP contribution in [-0.4, -0.2) is 40.9 Å². The Hall–Kier alpha value is -3.61. The molecular formula is C22H21N3O4. The van der Waals surface area contributed by atoms with E-state index in [9.17, 15) is 14.9 Å². The molecule has 148 valence electrons. The summed E-state index contributed by atoms with van der Waals surface area (Å²) < 4.78 is 5.07. The molecule has 0 saturated carbocycles. The first-order valence-electron chi connectivity index (χ1n) is 9.37. The molecule has 0 unspecified atom stereocenters. The molecule has 0 fully saturated rings. The molecule has 29 heavy (non-hydrogen) atoms. The van der Waals surface area contributed by atoms with Crippen LogP contribution in [-0.2, 0) is 0 Å². The lowest BCUT2D eigenvalue weighted by Gasteiger charge is -2.26. The summed E-state index contributed by atoms with van der Waals surface area (Å²) in [5, 5.41) is 12.2. The third-order valence-corrected chi connectivity index (χ3v) is 5.39. The summed E-state index contributed by atoms with van der Waals surface area (Å²) in [4.78, 5) is 28.5. The van der Waals surface area contributed by atoms with E-state index in [1.807, 2.05) is 6.20 Å². The Morgan fingerprint density at radius 2 is 2.10 bits per heavy atom. The van der Waals surface area contributed by atoms with Crippen LogP contribution in [0.15, 0.2) is 48.7 Å². The zero-order chi connectivity index (χ0) is 20.5. The zero-order valence-electron chi connectivity index (χ0n) is 16.3. The van der Waals surface area contributed by atoms with Gasteiger partial charge in [-0.3, -0.25) is 14.9 Å². The highest BCUT2D eigenvalue weighted by Gasteiger charge is 2.23. The predicted octanol–water partition coefficient (Wildman–Crippen LogP) is 4.32. The van der Waals surface area contributed by atoms with Crippen LogP contribution < -0.4 is 4.74 Å². The lowest BCUT2D eigenvalue weighted by molar-refractivity contribution is -0.385. The molecule has 1 N–H and O–H groups in total. The Morgan fingerprint density at radius 1 is 1.28 bits per heavy atom. The van der Waals surface area contributed by atoms with Crippen LogP contribution in [0.1, 0.15) is 27.9 Å². The van der Waals surface area contributed by atoms with Gasteiger partial charge in [-0.25, -0.2) is 0 Å². The van der Waals surface area contributed by atoms with Crippen LogP contribution in [0.2, 0.25) is 0 Å². The maximum Gasteiger partial charge on any atom is 0.310 e. The summed E-state index contributed by atoms with van der Waals surface area (Å²) in [6.07, 6.45) is 4.86. The zero-order valence-corrected chi connectivity index (χ0v) is 16.3. The fourth-order valence-electron chi connectivity index (χ4n) is 3.81. The van der Waals surface area contributed by atoms with Gasteiger partial charge in [-0.2, -0.15) is 0 Å². The predicted molar refractivity (Wildman–Crippen MR) is 111 cm³/mol. The molecule has 2 heterocycles. The fraction of sp³-hybridized carbons (Fsp3) is 0.227. The van der Waals surface area contributed by atoms with Crippen molar-refractivity contribution in [3.8, 4) is 5.75 Å². The van der Waals surface area contributed by atoms with Crippen LogP contribution in [0.5, 0.6) is 5.75 Å². The third kappa shape index (κ3) is 3.35. The molecule has 0 atom stereocenters. The number of fused-ring (bicyclic) bond motifs is 1. The number of rotatable bonds is 4. The molecule has 0 bridgehead atoms. The number of hydrogen-bond donors (Lipinski definition) is 1. The number of nitro groups is 1. The molecule has 7 nitrogen and oxygen atoms in total. The Bertz CT molecular complexity index is 1150. The molecular weight excluding hydrogens is 370 g/mol. The van der Waals surface area contributed by atoms with Gasteiger partial charge < -0.3 is 14.6 Å². The average Bonchev–Trinajstić information content (AvgIpc) is 3.18. The fourth-order valence-corrected chi connectivity index (χ4v) is 3.81. The number of nitrogens with zero attached hydrogens (tertiary/aromatic N) is 2. The number of benzene rings is 2. The van der Waals surface area contributed by atoms with E-state index in [1.54, 1.807) is 4.90 Å². The largest absolute Gasteiger partial charge is 0.490 e. The van der Waals surface area contributed by atoms with Gasteiger partial charge in [-0.15, -0.1) is 0 Å². The van der Waals surface area contributed by atoms with Crippen molar-refractivity contribution < 1.29 is 14.5 Å². The molecule has 1 aliphatic heterocycles. The number of aryl methyl sites for hydroxylation is 1. The van der Waals surface area contributed by atoms with Crippen LogP contribution in [0, 0.1) is 17.0 Å². The van der Waals surface area contributed by atoms with Crippen LogP contribution >= 0.6 is 0 Å². The lowest BCUT2D eigenvalue weighted by Crippen LogP contribution is -2.34. The summed E-state index contributed by atoms with van der Waals surface area (Å²) in [7, 11) is 1.36. The van der Waals surface area contributed by atoms with Crippen molar-refractivity contribution in [1.82, 2.24) is 9.88 Å². The van der Waals surface area contributed by atoms with Crippen molar-refractivity contribution in [3.63, 3.8) is 0 Å². The summed E-state index contributed by atoms with van der Waals surface area (Å²) in [6.45, 7) is 3.16. The highest BCUT2D eigenvalue weighted by molar-refractivity contribution is 5.97. The number of para-hydroxylation sites is 1. The van der Waals surface area contributed by atoms with E-state index >= 15 is 0 Å². The number of aromatic amines is 1.